The smallest absolute Gasteiger partial charge is 0.259 e. The van der Waals surface area contributed by atoms with Crippen molar-refractivity contribution < 1.29 is 13.2 Å². The maximum Gasteiger partial charge on any atom is 0.259 e. The quantitative estimate of drug-likeness (QED) is 0.696. The molecule has 1 fully saturated rings. The summed E-state index contributed by atoms with van der Waals surface area (Å²) in [6, 6.07) is 8.22. The predicted molar refractivity (Wildman–Crippen MR) is 108 cm³/mol. The van der Waals surface area contributed by atoms with Gasteiger partial charge in [-0.15, -0.1) is 0 Å². The van der Waals surface area contributed by atoms with Gasteiger partial charge >= 0.3 is 0 Å². The molecular weight excluding hydrogens is 398 g/mol. The van der Waals surface area contributed by atoms with Crippen LogP contribution in [0.3, 0.4) is 0 Å². The minimum absolute atomic E-state index is 0.248. The van der Waals surface area contributed by atoms with Gasteiger partial charge < -0.3 is 4.90 Å². The fourth-order valence-electron chi connectivity index (χ4n) is 2.96. The zero-order chi connectivity index (χ0) is 19.7. The molecule has 1 amide bonds. The molecule has 0 atom stereocenters. The second-order valence-corrected chi connectivity index (χ2v) is 9.52. The van der Waals surface area contributed by atoms with E-state index in [2.05, 4.69) is 20.2 Å². The monoisotopic (exact) mass is 417 g/mol. The normalized spacial score (nSPS) is 16.3. The van der Waals surface area contributed by atoms with E-state index in [1.807, 2.05) is 7.05 Å². The molecule has 8 nitrogen and oxygen atoms in total. The lowest BCUT2D eigenvalue weighted by Crippen LogP contribution is -2.46. The number of pyridine rings is 1. The summed E-state index contributed by atoms with van der Waals surface area (Å²) < 4.78 is 28.1. The van der Waals surface area contributed by atoms with Gasteiger partial charge in [-0.05, 0) is 37.4 Å². The summed E-state index contributed by atoms with van der Waals surface area (Å²) >= 11 is 1.24. The zero-order valence-electron chi connectivity index (χ0n) is 15.2. The van der Waals surface area contributed by atoms with Gasteiger partial charge in [0.15, 0.2) is 5.13 Å². The molecule has 1 aliphatic heterocycles. The molecule has 10 heteroatoms. The highest BCUT2D eigenvalue weighted by Crippen LogP contribution is 2.29. The number of anilines is 1. The van der Waals surface area contributed by atoms with Crippen LogP contribution in [0.25, 0.3) is 10.2 Å². The average molecular weight is 418 g/mol. The lowest BCUT2D eigenvalue weighted by atomic mass is 10.3. The summed E-state index contributed by atoms with van der Waals surface area (Å²) in [7, 11) is -1.56. The molecule has 0 saturated carbocycles. The Bertz CT molecular complexity index is 1110. The van der Waals surface area contributed by atoms with E-state index in [0.717, 1.165) is 0 Å². The van der Waals surface area contributed by atoms with Gasteiger partial charge in [0.05, 0.1) is 20.7 Å². The number of hydrogen-bond donors (Lipinski definition) is 1. The molecule has 0 aliphatic carbocycles. The van der Waals surface area contributed by atoms with Gasteiger partial charge in [-0.2, -0.15) is 4.31 Å². The number of fused-ring (bicyclic) bond motifs is 1. The van der Waals surface area contributed by atoms with Gasteiger partial charge in [-0.1, -0.05) is 11.3 Å². The highest BCUT2D eigenvalue weighted by atomic mass is 32.2. The van der Waals surface area contributed by atoms with Gasteiger partial charge in [0.2, 0.25) is 10.0 Å². The summed E-state index contributed by atoms with van der Waals surface area (Å²) in [6.45, 7) is 2.39. The Morgan fingerprint density at radius 1 is 1.18 bits per heavy atom. The number of sulfonamides is 1. The van der Waals surface area contributed by atoms with Crippen molar-refractivity contribution in [2.45, 2.75) is 4.90 Å². The zero-order valence-corrected chi connectivity index (χ0v) is 16.8. The third-order valence-electron chi connectivity index (χ3n) is 4.60. The van der Waals surface area contributed by atoms with E-state index in [1.54, 1.807) is 36.5 Å². The van der Waals surface area contributed by atoms with Crippen LogP contribution in [0.5, 0.6) is 0 Å². The molecule has 28 heavy (non-hydrogen) atoms. The van der Waals surface area contributed by atoms with E-state index in [0.29, 0.717) is 47.1 Å². The lowest BCUT2D eigenvalue weighted by Gasteiger charge is -2.31. The first-order valence-electron chi connectivity index (χ1n) is 8.74. The number of nitrogens with one attached hydrogen (secondary N) is 1. The van der Waals surface area contributed by atoms with Crippen LogP contribution in [0, 0.1) is 0 Å². The van der Waals surface area contributed by atoms with Crippen LogP contribution in [0.1, 0.15) is 10.4 Å². The Morgan fingerprint density at radius 3 is 2.68 bits per heavy atom. The summed E-state index contributed by atoms with van der Waals surface area (Å²) in [5.41, 5.74) is 1.07. The number of piperazine rings is 1. The molecule has 1 aliphatic rings. The molecular formula is C18H19N5O3S2. The Labute approximate surface area is 166 Å². The van der Waals surface area contributed by atoms with E-state index in [-0.39, 0.29) is 10.8 Å². The third-order valence-corrected chi connectivity index (χ3v) is 7.43. The number of nitrogens with zero attached hydrogens (tertiary/aromatic N) is 4. The SMILES string of the molecule is CN1CCN(S(=O)(=O)c2ccc3nc(NC(=O)c4cccnc4)sc3c2)CC1. The summed E-state index contributed by atoms with van der Waals surface area (Å²) in [5.74, 6) is -0.308. The molecule has 2 aromatic heterocycles. The second kappa shape index (κ2) is 7.55. The minimum atomic E-state index is -3.54. The number of carbonyl (C=O) groups is 1. The number of carbonyl (C=O) groups excluding carboxylic acids is 1. The maximum atomic E-state index is 12.9. The first kappa shape index (κ1) is 18.9. The Balaban J connectivity index is 1.57. The molecule has 0 unspecified atom stereocenters. The highest BCUT2D eigenvalue weighted by Gasteiger charge is 2.27. The molecule has 1 saturated heterocycles. The van der Waals surface area contributed by atoms with Gasteiger partial charge in [-0.25, -0.2) is 13.4 Å². The average Bonchev–Trinajstić information content (AvgIpc) is 3.10. The van der Waals surface area contributed by atoms with Crippen molar-refractivity contribution in [2.24, 2.45) is 0 Å². The standard InChI is InChI=1S/C18H19N5O3S2/c1-22-7-9-23(10-8-22)28(25,26)14-4-5-15-16(11-14)27-18(20-15)21-17(24)13-3-2-6-19-12-13/h2-6,11-12H,7-10H2,1H3,(H,20,21,24). The fraction of sp³-hybridized carbons (Fsp3) is 0.278. The van der Waals surface area contributed by atoms with Crippen molar-refractivity contribution in [1.82, 2.24) is 19.2 Å². The molecule has 1 N–H and O–H groups in total. The van der Waals surface area contributed by atoms with Gasteiger partial charge in [0.1, 0.15) is 0 Å². The van der Waals surface area contributed by atoms with E-state index in [4.69, 9.17) is 0 Å². The van der Waals surface area contributed by atoms with Crippen LogP contribution in [0.4, 0.5) is 5.13 Å². The molecule has 1 aromatic carbocycles. The second-order valence-electron chi connectivity index (χ2n) is 6.55. The first-order chi connectivity index (χ1) is 13.4. The Kier molecular flexibility index (Phi) is 5.11. The first-order valence-corrected chi connectivity index (χ1v) is 11.0. The van der Waals surface area contributed by atoms with Crippen molar-refractivity contribution in [3.63, 3.8) is 0 Å². The highest BCUT2D eigenvalue weighted by molar-refractivity contribution is 7.89. The van der Waals surface area contributed by atoms with E-state index < -0.39 is 10.0 Å². The van der Waals surface area contributed by atoms with Crippen molar-refractivity contribution in [2.75, 3.05) is 38.5 Å². The number of rotatable bonds is 4. The van der Waals surface area contributed by atoms with E-state index >= 15 is 0 Å². The molecule has 0 spiro atoms. The number of likely N-dealkylation sites (N-methyl/N-ethyl adjacent to an activating group) is 1. The van der Waals surface area contributed by atoms with Gasteiger partial charge in [0.25, 0.3) is 5.91 Å². The van der Waals surface area contributed by atoms with Crippen molar-refractivity contribution >= 4 is 42.6 Å². The maximum absolute atomic E-state index is 12.9. The number of benzene rings is 1. The van der Waals surface area contributed by atoms with Gasteiger partial charge in [0, 0.05) is 38.6 Å². The molecule has 146 valence electrons. The molecule has 3 heterocycles. The largest absolute Gasteiger partial charge is 0.304 e. The van der Waals surface area contributed by atoms with Crippen molar-refractivity contribution in [3.8, 4) is 0 Å². The number of aromatic nitrogens is 2. The molecule has 0 radical (unpaired) electrons. The van der Waals surface area contributed by atoms with Crippen LogP contribution >= 0.6 is 11.3 Å². The van der Waals surface area contributed by atoms with E-state index in [9.17, 15) is 13.2 Å². The van der Waals surface area contributed by atoms with Crippen molar-refractivity contribution in [3.05, 3.63) is 48.3 Å². The van der Waals surface area contributed by atoms with Gasteiger partial charge in [-0.3, -0.25) is 15.1 Å². The van der Waals surface area contributed by atoms with Crippen LogP contribution in [0.15, 0.2) is 47.6 Å². The van der Waals surface area contributed by atoms with Crippen LogP contribution in [-0.2, 0) is 10.0 Å². The third kappa shape index (κ3) is 3.76. The number of hydrogen-bond acceptors (Lipinski definition) is 7. The predicted octanol–water partition coefficient (Wildman–Crippen LogP) is 1.88. The molecule has 4 rings (SSSR count). The summed E-state index contributed by atoms with van der Waals surface area (Å²) in [5, 5.41) is 3.15. The number of thiazole rings is 1. The van der Waals surface area contributed by atoms with Crippen LogP contribution in [-0.4, -0.2) is 66.7 Å². The molecule has 3 aromatic rings. The summed E-state index contributed by atoms with van der Waals surface area (Å²) in [4.78, 5) is 22.9. The lowest BCUT2D eigenvalue weighted by molar-refractivity contribution is 0.102. The Morgan fingerprint density at radius 2 is 1.96 bits per heavy atom. The van der Waals surface area contributed by atoms with Crippen LogP contribution in [0.2, 0.25) is 0 Å². The minimum Gasteiger partial charge on any atom is -0.304 e. The fourth-order valence-corrected chi connectivity index (χ4v) is 5.39. The molecule has 0 bridgehead atoms. The van der Waals surface area contributed by atoms with Crippen LogP contribution < -0.4 is 5.32 Å². The Hall–Kier alpha value is -2.40. The van der Waals surface area contributed by atoms with Crippen molar-refractivity contribution in [1.29, 1.82) is 0 Å². The number of amides is 1. The summed E-state index contributed by atoms with van der Waals surface area (Å²) in [6.07, 6.45) is 3.07. The van der Waals surface area contributed by atoms with E-state index in [1.165, 1.54) is 21.8 Å². The topological polar surface area (TPSA) is 95.5 Å².